The molecule has 0 bridgehead atoms. The zero-order valence-corrected chi connectivity index (χ0v) is 20.6. The van der Waals surface area contributed by atoms with Gasteiger partial charge in [0.15, 0.2) is 5.17 Å². The topological polar surface area (TPSA) is 45.1 Å². The van der Waals surface area contributed by atoms with Gasteiger partial charge in [-0.25, -0.2) is 9.38 Å². The number of ether oxygens (including phenoxy) is 1. The van der Waals surface area contributed by atoms with Gasteiger partial charge in [-0.05, 0) is 73.9 Å². The van der Waals surface area contributed by atoms with Crippen LogP contribution in [0.5, 0.6) is 0 Å². The lowest BCUT2D eigenvalue weighted by Gasteiger charge is -2.45. The molecule has 174 valence electrons. The van der Waals surface area contributed by atoms with Crippen LogP contribution in [0.25, 0.3) is 6.08 Å². The predicted octanol–water partition coefficient (Wildman–Crippen LogP) is 5.80. The number of anilines is 1. The van der Waals surface area contributed by atoms with E-state index in [1.807, 2.05) is 43.4 Å². The molecule has 0 aliphatic carbocycles. The third-order valence-corrected chi connectivity index (χ3v) is 7.43. The van der Waals surface area contributed by atoms with E-state index < -0.39 is 0 Å². The van der Waals surface area contributed by atoms with Crippen molar-refractivity contribution in [3.63, 3.8) is 0 Å². The fourth-order valence-corrected chi connectivity index (χ4v) is 5.46. The summed E-state index contributed by atoms with van der Waals surface area (Å²) in [6.07, 6.45) is 2.63. The molecule has 2 heterocycles. The van der Waals surface area contributed by atoms with Crippen molar-refractivity contribution < 1.29 is 13.9 Å². The van der Waals surface area contributed by atoms with E-state index in [1.165, 1.54) is 11.8 Å². The largest absolute Gasteiger partial charge is 0.383 e. The first-order valence-corrected chi connectivity index (χ1v) is 11.9. The number of nitrogens with zero attached hydrogens (tertiary/aromatic N) is 3. The van der Waals surface area contributed by atoms with Gasteiger partial charge in [0.2, 0.25) is 0 Å². The minimum absolute atomic E-state index is 0.0409. The summed E-state index contributed by atoms with van der Waals surface area (Å²) in [5.74, 6) is -0.220. The summed E-state index contributed by atoms with van der Waals surface area (Å²) in [6.45, 7) is 7.30. The van der Waals surface area contributed by atoms with Crippen LogP contribution in [0.1, 0.15) is 44.2 Å². The van der Waals surface area contributed by atoms with Crippen LogP contribution in [-0.4, -0.2) is 48.8 Å². The number of aliphatic imine (C=N–C) groups is 1. The van der Waals surface area contributed by atoms with Crippen LogP contribution in [0, 0.1) is 5.82 Å². The number of carbonyl (C=O) groups is 1. The number of benzene rings is 2. The number of hydrogen-bond acceptors (Lipinski definition) is 5. The van der Waals surface area contributed by atoms with E-state index in [0.717, 1.165) is 23.4 Å². The Labute approximate surface area is 199 Å². The number of rotatable bonds is 5. The third-order valence-electron chi connectivity index (χ3n) is 6.43. The fourth-order valence-electron chi connectivity index (χ4n) is 4.44. The van der Waals surface area contributed by atoms with Crippen molar-refractivity contribution in [3.8, 4) is 0 Å². The smallest absolute Gasteiger partial charge is 0.266 e. The summed E-state index contributed by atoms with van der Waals surface area (Å²) in [6, 6.07) is 13.0. The number of hydrogen-bond donors (Lipinski definition) is 0. The average molecular weight is 468 g/mol. The lowest BCUT2D eigenvalue weighted by atomic mass is 9.80. The van der Waals surface area contributed by atoms with Crippen LogP contribution in [0.4, 0.5) is 15.8 Å². The molecule has 0 saturated carbocycles. The van der Waals surface area contributed by atoms with Gasteiger partial charge >= 0.3 is 0 Å². The summed E-state index contributed by atoms with van der Waals surface area (Å²) in [5, 5.41) is 0.572. The van der Waals surface area contributed by atoms with Crippen LogP contribution in [-0.2, 0) is 9.53 Å². The van der Waals surface area contributed by atoms with E-state index in [0.29, 0.717) is 34.7 Å². The summed E-state index contributed by atoms with van der Waals surface area (Å²) in [5.41, 5.74) is 3.17. The summed E-state index contributed by atoms with van der Waals surface area (Å²) < 4.78 is 20.4. The Morgan fingerprint density at radius 3 is 2.70 bits per heavy atom. The Morgan fingerprint density at radius 2 is 2.00 bits per heavy atom. The highest BCUT2D eigenvalue weighted by atomic mass is 32.2. The first-order chi connectivity index (χ1) is 15.7. The van der Waals surface area contributed by atoms with E-state index in [-0.39, 0.29) is 17.3 Å². The number of methoxy groups -OCH3 is 1. The Morgan fingerprint density at radius 1 is 1.27 bits per heavy atom. The number of para-hydroxylation sites is 1. The monoisotopic (exact) mass is 467 g/mol. The molecule has 33 heavy (non-hydrogen) atoms. The van der Waals surface area contributed by atoms with Gasteiger partial charge in [-0.1, -0.05) is 25.1 Å². The van der Waals surface area contributed by atoms with Gasteiger partial charge in [-0.2, -0.15) is 0 Å². The SMILES string of the molecule is COCCN1C(=O)/C(=C\c2cc3c(cc2F)N(C)C(C)(C)CC3C)SC1=Nc1ccccc1. The summed E-state index contributed by atoms with van der Waals surface area (Å²) in [4.78, 5) is 22.0. The molecule has 2 aliphatic heterocycles. The quantitative estimate of drug-likeness (QED) is 0.522. The van der Waals surface area contributed by atoms with Crippen LogP contribution in [0.3, 0.4) is 0 Å². The molecule has 2 aliphatic rings. The summed E-state index contributed by atoms with van der Waals surface area (Å²) >= 11 is 1.27. The molecule has 2 aromatic rings. The van der Waals surface area contributed by atoms with Gasteiger partial charge in [0.25, 0.3) is 5.91 Å². The highest BCUT2D eigenvalue weighted by Gasteiger charge is 2.36. The Kier molecular flexibility index (Phi) is 6.64. The van der Waals surface area contributed by atoms with Crippen molar-refractivity contribution >= 4 is 40.3 Å². The predicted molar refractivity (Wildman–Crippen MR) is 135 cm³/mol. The van der Waals surface area contributed by atoms with E-state index in [4.69, 9.17) is 4.74 Å². The molecule has 1 fully saturated rings. The number of thioether (sulfide) groups is 1. The van der Waals surface area contributed by atoms with Gasteiger partial charge in [-0.15, -0.1) is 0 Å². The number of amides is 1. The lowest BCUT2D eigenvalue weighted by Crippen LogP contribution is -2.45. The maximum Gasteiger partial charge on any atom is 0.266 e. The molecule has 1 unspecified atom stereocenters. The lowest BCUT2D eigenvalue weighted by molar-refractivity contribution is -0.122. The van der Waals surface area contributed by atoms with Crippen molar-refractivity contribution in [1.82, 2.24) is 4.90 Å². The molecule has 1 amide bonds. The normalized spacial score (nSPS) is 22.4. The van der Waals surface area contributed by atoms with Gasteiger partial charge in [0, 0.05) is 30.9 Å². The molecule has 2 aromatic carbocycles. The van der Waals surface area contributed by atoms with E-state index in [1.54, 1.807) is 24.2 Å². The maximum absolute atomic E-state index is 15.2. The van der Waals surface area contributed by atoms with Crippen molar-refractivity contribution in [2.24, 2.45) is 4.99 Å². The molecule has 4 rings (SSSR count). The summed E-state index contributed by atoms with van der Waals surface area (Å²) in [7, 11) is 3.61. The highest BCUT2D eigenvalue weighted by Crippen LogP contribution is 2.44. The van der Waals surface area contributed by atoms with Crippen LogP contribution in [0.15, 0.2) is 52.4 Å². The van der Waals surface area contributed by atoms with Gasteiger partial charge in [-0.3, -0.25) is 9.69 Å². The Hall–Kier alpha value is -2.64. The van der Waals surface area contributed by atoms with Gasteiger partial charge < -0.3 is 9.64 Å². The van der Waals surface area contributed by atoms with Crippen LogP contribution in [0.2, 0.25) is 0 Å². The third kappa shape index (κ3) is 4.70. The molecule has 0 aromatic heterocycles. The standard InChI is InChI=1S/C26H30FN3O2S/c1-17-16-26(2,3)29(4)22-15-21(27)18(13-20(17)22)14-23-24(31)30(11-12-32-5)25(33-23)28-19-9-7-6-8-10-19/h6-10,13-15,17H,11-12,16H2,1-5H3/b23-14+,28-25?. The van der Waals surface area contributed by atoms with Crippen LogP contribution < -0.4 is 4.90 Å². The Balaban J connectivity index is 1.71. The molecular formula is C26H30FN3O2S. The van der Waals surface area contributed by atoms with Crippen molar-refractivity contribution in [2.75, 3.05) is 32.2 Å². The molecule has 7 heteroatoms. The minimum atomic E-state index is -0.330. The first kappa shape index (κ1) is 23.5. The second kappa shape index (κ2) is 9.31. The molecule has 0 spiro atoms. The molecule has 0 N–H and O–H groups in total. The number of halogens is 1. The van der Waals surface area contributed by atoms with Gasteiger partial charge in [0.05, 0.1) is 23.7 Å². The molecule has 1 saturated heterocycles. The van der Waals surface area contributed by atoms with E-state index in [9.17, 15) is 4.79 Å². The van der Waals surface area contributed by atoms with E-state index in [2.05, 4.69) is 30.7 Å². The van der Waals surface area contributed by atoms with Crippen molar-refractivity contribution in [2.45, 2.75) is 38.6 Å². The highest BCUT2D eigenvalue weighted by molar-refractivity contribution is 8.18. The Bertz CT molecular complexity index is 1110. The van der Waals surface area contributed by atoms with E-state index >= 15 is 4.39 Å². The number of amidine groups is 1. The average Bonchev–Trinajstić information content (AvgIpc) is 3.06. The van der Waals surface area contributed by atoms with Gasteiger partial charge in [0.1, 0.15) is 5.82 Å². The van der Waals surface area contributed by atoms with Crippen molar-refractivity contribution in [1.29, 1.82) is 0 Å². The maximum atomic E-state index is 15.2. The van der Waals surface area contributed by atoms with Crippen molar-refractivity contribution in [3.05, 3.63) is 64.3 Å². The minimum Gasteiger partial charge on any atom is -0.383 e. The molecule has 0 radical (unpaired) electrons. The van der Waals surface area contributed by atoms with Crippen LogP contribution >= 0.6 is 11.8 Å². The second-order valence-corrected chi connectivity index (χ2v) is 10.2. The molecule has 5 nitrogen and oxygen atoms in total. The number of fused-ring (bicyclic) bond motifs is 1. The first-order valence-electron chi connectivity index (χ1n) is 11.1. The zero-order valence-electron chi connectivity index (χ0n) is 19.8. The zero-order chi connectivity index (χ0) is 23.8. The fraction of sp³-hybridized carbons (Fsp3) is 0.385. The molecular weight excluding hydrogens is 437 g/mol. The second-order valence-electron chi connectivity index (χ2n) is 9.20. The number of carbonyl (C=O) groups excluding carboxylic acids is 1. The molecule has 1 atom stereocenters.